The molecule has 29 heavy (non-hydrogen) atoms. The molecule has 10 heteroatoms. The van der Waals surface area contributed by atoms with Gasteiger partial charge in [0.2, 0.25) is 0 Å². The summed E-state index contributed by atoms with van der Waals surface area (Å²) < 4.78 is 21.7. The first-order valence-corrected chi connectivity index (χ1v) is 10.2. The van der Waals surface area contributed by atoms with E-state index in [1.807, 2.05) is 0 Å². The molecular formula is C19H36O10. The summed E-state index contributed by atoms with van der Waals surface area (Å²) in [6.07, 6.45) is -7.52. The molecule has 0 radical (unpaired) electrons. The number of rotatable bonds is 10. The van der Waals surface area contributed by atoms with Gasteiger partial charge in [0.05, 0.1) is 26.4 Å². The molecule has 2 saturated heterocycles. The van der Waals surface area contributed by atoms with E-state index in [0.29, 0.717) is 18.4 Å². The lowest BCUT2D eigenvalue weighted by molar-refractivity contribution is -0.310. The van der Waals surface area contributed by atoms with Gasteiger partial charge in [0.1, 0.15) is 36.1 Å². The van der Waals surface area contributed by atoms with Gasteiger partial charge in [-0.05, 0) is 18.3 Å². The Labute approximate surface area is 171 Å². The van der Waals surface area contributed by atoms with Crippen LogP contribution in [0, 0.1) is 11.8 Å². The van der Waals surface area contributed by atoms with Gasteiger partial charge in [0.25, 0.3) is 0 Å². The van der Waals surface area contributed by atoms with Gasteiger partial charge < -0.3 is 49.6 Å². The van der Waals surface area contributed by atoms with E-state index < -0.39 is 55.3 Å². The summed E-state index contributed by atoms with van der Waals surface area (Å²) in [5.41, 5.74) is -1.83. The van der Waals surface area contributed by atoms with Crippen molar-refractivity contribution in [3.63, 3.8) is 0 Å². The average Bonchev–Trinajstić information content (AvgIpc) is 2.98. The summed E-state index contributed by atoms with van der Waals surface area (Å²) in [6, 6.07) is 0. The van der Waals surface area contributed by atoms with Crippen molar-refractivity contribution in [2.75, 3.05) is 26.4 Å². The normalized spacial score (nSPS) is 41.8. The van der Waals surface area contributed by atoms with Crippen molar-refractivity contribution in [1.29, 1.82) is 0 Å². The van der Waals surface area contributed by atoms with Crippen LogP contribution < -0.4 is 0 Å². The molecule has 9 atom stereocenters. The van der Waals surface area contributed by atoms with Crippen molar-refractivity contribution in [3.8, 4) is 0 Å². The van der Waals surface area contributed by atoms with Crippen molar-refractivity contribution < 1.29 is 49.6 Å². The van der Waals surface area contributed by atoms with Crippen LogP contribution in [0.1, 0.15) is 33.6 Å². The molecule has 10 nitrogen and oxygen atoms in total. The second-order valence-corrected chi connectivity index (χ2v) is 8.31. The standard InChI is InChI=1S/C19H36O10/c1-4-11(10(2)3)5-6-26-17-15(23)14(22)13(21)12(29-17)7-27-18-16(24)19(25,8-20)9-28-18/h10-18,20-25H,4-9H2,1-3H3/t11?,12-,13-,14+,15-,16+,17-,18-,19-/m1/s1. The first kappa shape index (κ1) is 24.9. The molecule has 0 aliphatic carbocycles. The zero-order valence-corrected chi connectivity index (χ0v) is 17.3. The minimum Gasteiger partial charge on any atom is -0.393 e. The molecule has 0 bridgehead atoms. The summed E-state index contributed by atoms with van der Waals surface area (Å²) in [5.74, 6) is 0.946. The summed E-state index contributed by atoms with van der Waals surface area (Å²) in [4.78, 5) is 0. The fourth-order valence-electron chi connectivity index (χ4n) is 3.66. The Morgan fingerprint density at radius 1 is 1.03 bits per heavy atom. The predicted molar refractivity (Wildman–Crippen MR) is 99.6 cm³/mol. The third-order valence-electron chi connectivity index (χ3n) is 5.91. The maximum absolute atomic E-state index is 10.2. The van der Waals surface area contributed by atoms with Crippen LogP contribution in [0.15, 0.2) is 0 Å². The smallest absolute Gasteiger partial charge is 0.186 e. The summed E-state index contributed by atoms with van der Waals surface area (Å²) in [6.45, 7) is 5.37. The Balaban J connectivity index is 1.88. The molecule has 0 aromatic carbocycles. The van der Waals surface area contributed by atoms with E-state index in [2.05, 4.69) is 20.8 Å². The molecule has 0 saturated carbocycles. The maximum atomic E-state index is 10.2. The van der Waals surface area contributed by atoms with Crippen molar-refractivity contribution in [2.45, 2.75) is 82.3 Å². The van der Waals surface area contributed by atoms with E-state index in [-0.39, 0.29) is 13.2 Å². The van der Waals surface area contributed by atoms with Gasteiger partial charge in [-0.3, -0.25) is 0 Å². The van der Waals surface area contributed by atoms with Crippen LogP contribution in [0.5, 0.6) is 0 Å². The summed E-state index contributed by atoms with van der Waals surface area (Å²) >= 11 is 0. The molecule has 2 aliphatic heterocycles. The maximum Gasteiger partial charge on any atom is 0.186 e. The van der Waals surface area contributed by atoms with Crippen LogP contribution in [0.25, 0.3) is 0 Å². The summed E-state index contributed by atoms with van der Waals surface area (Å²) in [7, 11) is 0. The van der Waals surface area contributed by atoms with Gasteiger partial charge in [-0.2, -0.15) is 0 Å². The Morgan fingerprint density at radius 3 is 2.28 bits per heavy atom. The minimum absolute atomic E-state index is 0.294. The third kappa shape index (κ3) is 5.85. The molecule has 6 N–H and O–H groups in total. The first-order valence-electron chi connectivity index (χ1n) is 10.2. The van der Waals surface area contributed by atoms with E-state index in [1.165, 1.54) is 0 Å². The van der Waals surface area contributed by atoms with Crippen molar-refractivity contribution >= 4 is 0 Å². The van der Waals surface area contributed by atoms with Crippen molar-refractivity contribution in [1.82, 2.24) is 0 Å². The van der Waals surface area contributed by atoms with Gasteiger partial charge in [-0.1, -0.05) is 27.2 Å². The highest BCUT2D eigenvalue weighted by Crippen LogP contribution is 2.28. The zero-order valence-electron chi connectivity index (χ0n) is 17.3. The highest BCUT2D eigenvalue weighted by Gasteiger charge is 2.50. The van der Waals surface area contributed by atoms with Crippen LogP contribution in [0.3, 0.4) is 0 Å². The Kier molecular flexibility index (Phi) is 9.23. The quantitative estimate of drug-likeness (QED) is 0.240. The molecule has 2 heterocycles. The van der Waals surface area contributed by atoms with Crippen LogP contribution in [-0.4, -0.2) is 106 Å². The molecule has 1 unspecified atom stereocenters. The van der Waals surface area contributed by atoms with Crippen LogP contribution in [0.4, 0.5) is 0 Å². The number of aliphatic hydroxyl groups is 6. The number of aliphatic hydroxyl groups excluding tert-OH is 5. The van der Waals surface area contributed by atoms with E-state index in [4.69, 9.17) is 24.1 Å². The number of hydrogen-bond donors (Lipinski definition) is 6. The van der Waals surface area contributed by atoms with E-state index in [1.54, 1.807) is 0 Å². The fraction of sp³-hybridized carbons (Fsp3) is 1.00. The lowest BCUT2D eigenvalue weighted by Crippen LogP contribution is -2.59. The van der Waals surface area contributed by atoms with Gasteiger partial charge in [0.15, 0.2) is 12.6 Å². The van der Waals surface area contributed by atoms with E-state index in [0.717, 1.165) is 12.8 Å². The largest absolute Gasteiger partial charge is 0.393 e. The predicted octanol–water partition coefficient (Wildman–Crippen LogP) is -1.66. The lowest BCUT2D eigenvalue weighted by atomic mass is 9.90. The second kappa shape index (κ2) is 10.8. The van der Waals surface area contributed by atoms with Crippen LogP contribution in [-0.2, 0) is 18.9 Å². The summed E-state index contributed by atoms with van der Waals surface area (Å²) in [5, 5.41) is 59.6. The molecule has 0 aromatic heterocycles. The highest BCUT2D eigenvalue weighted by atomic mass is 16.7. The Hall–Kier alpha value is -0.400. The van der Waals surface area contributed by atoms with Gasteiger partial charge in [-0.25, -0.2) is 0 Å². The first-order chi connectivity index (χ1) is 13.6. The third-order valence-corrected chi connectivity index (χ3v) is 5.91. The van der Waals surface area contributed by atoms with Crippen LogP contribution >= 0.6 is 0 Å². The van der Waals surface area contributed by atoms with E-state index >= 15 is 0 Å². The lowest BCUT2D eigenvalue weighted by Gasteiger charge is -2.40. The molecule has 0 amide bonds. The topological polar surface area (TPSA) is 158 Å². The molecule has 2 rings (SSSR count). The Morgan fingerprint density at radius 2 is 1.72 bits per heavy atom. The molecule has 2 aliphatic rings. The van der Waals surface area contributed by atoms with Crippen LogP contribution in [0.2, 0.25) is 0 Å². The molecule has 0 aromatic rings. The SMILES string of the molecule is CCC(CCO[C@@H]1O[C@H](CO[C@@H]2OC[C@](O)(CO)[C@H]2O)[C@@H](O)[C@H](O)[C@H]1O)C(C)C. The monoisotopic (exact) mass is 424 g/mol. The van der Waals surface area contributed by atoms with Gasteiger partial charge in [-0.15, -0.1) is 0 Å². The zero-order chi connectivity index (χ0) is 21.8. The van der Waals surface area contributed by atoms with Crippen molar-refractivity contribution in [2.24, 2.45) is 11.8 Å². The number of hydrogen-bond acceptors (Lipinski definition) is 10. The van der Waals surface area contributed by atoms with Gasteiger partial charge in [0, 0.05) is 0 Å². The molecule has 172 valence electrons. The molecular weight excluding hydrogens is 388 g/mol. The van der Waals surface area contributed by atoms with Crippen molar-refractivity contribution in [3.05, 3.63) is 0 Å². The van der Waals surface area contributed by atoms with E-state index in [9.17, 15) is 25.5 Å². The number of ether oxygens (including phenoxy) is 4. The fourth-order valence-corrected chi connectivity index (χ4v) is 3.66. The van der Waals surface area contributed by atoms with Gasteiger partial charge >= 0.3 is 0 Å². The average molecular weight is 424 g/mol. The molecule has 2 fully saturated rings. The minimum atomic E-state index is -1.83. The Bertz CT molecular complexity index is 492. The second-order valence-electron chi connectivity index (χ2n) is 8.31. The molecule has 0 spiro atoms. The highest BCUT2D eigenvalue weighted by molar-refractivity contribution is 4.94.